The van der Waals surface area contributed by atoms with Crippen molar-refractivity contribution in [1.82, 2.24) is 5.32 Å². The highest BCUT2D eigenvalue weighted by Crippen LogP contribution is 2.35. The summed E-state index contributed by atoms with van der Waals surface area (Å²) in [6.07, 6.45) is 0. The molecule has 1 aromatic rings. The Morgan fingerprint density at radius 1 is 1.35 bits per heavy atom. The first-order valence-corrected chi connectivity index (χ1v) is 6.61. The van der Waals surface area contributed by atoms with E-state index in [4.69, 9.17) is 16.3 Å². The standard InChI is InChI=1S/C14H17ClN2O3/c1-8-5-10(11(20-4)6-9(8)15)17-7-12(18)16-14(2,3)13(17)19/h5-6H,7H2,1-4H3,(H,16,18). The largest absolute Gasteiger partial charge is 0.495 e. The van der Waals surface area contributed by atoms with Crippen molar-refractivity contribution in [2.24, 2.45) is 0 Å². The van der Waals surface area contributed by atoms with E-state index in [1.54, 1.807) is 26.0 Å². The van der Waals surface area contributed by atoms with Gasteiger partial charge in [0.15, 0.2) is 0 Å². The van der Waals surface area contributed by atoms with E-state index in [0.29, 0.717) is 16.5 Å². The third kappa shape index (κ3) is 2.45. The number of rotatable bonds is 2. The normalized spacial score (nSPS) is 17.9. The lowest BCUT2D eigenvalue weighted by Gasteiger charge is -2.38. The van der Waals surface area contributed by atoms with Crippen LogP contribution < -0.4 is 15.0 Å². The second-order valence-corrected chi connectivity index (χ2v) is 5.74. The van der Waals surface area contributed by atoms with Gasteiger partial charge in [0.05, 0.1) is 12.8 Å². The molecule has 1 N–H and O–H groups in total. The van der Waals surface area contributed by atoms with Crippen LogP contribution in [-0.2, 0) is 9.59 Å². The first kappa shape index (κ1) is 14.7. The van der Waals surface area contributed by atoms with Crippen LogP contribution in [0.5, 0.6) is 5.75 Å². The van der Waals surface area contributed by atoms with Gasteiger partial charge in [-0.3, -0.25) is 14.5 Å². The van der Waals surface area contributed by atoms with Crippen LogP contribution in [0.25, 0.3) is 0 Å². The van der Waals surface area contributed by atoms with Crippen molar-refractivity contribution in [3.8, 4) is 5.75 Å². The summed E-state index contributed by atoms with van der Waals surface area (Å²) in [7, 11) is 1.50. The van der Waals surface area contributed by atoms with Crippen LogP contribution in [0.3, 0.4) is 0 Å². The van der Waals surface area contributed by atoms with Crippen LogP contribution in [0.4, 0.5) is 5.69 Å². The van der Waals surface area contributed by atoms with E-state index < -0.39 is 5.54 Å². The molecule has 5 nitrogen and oxygen atoms in total. The van der Waals surface area contributed by atoms with Crippen molar-refractivity contribution in [2.75, 3.05) is 18.6 Å². The summed E-state index contributed by atoms with van der Waals surface area (Å²) in [5.74, 6) is 0.0841. The Labute approximate surface area is 122 Å². The molecule has 6 heteroatoms. The summed E-state index contributed by atoms with van der Waals surface area (Å²) in [6.45, 7) is 5.16. The van der Waals surface area contributed by atoms with Crippen LogP contribution in [0, 0.1) is 6.92 Å². The average Bonchev–Trinajstić information content (AvgIpc) is 2.36. The Morgan fingerprint density at radius 3 is 2.60 bits per heavy atom. The van der Waals surface area contributed by atoms with Crippen molar-refractivity contribution in [2.45, 2.75) is 26.3 Å². The number of halogens is 1. The minimum absolute atomic E-state index is 0.0281. The fourth-order valence-corrected chi connectivity index (χ4v) is 2.37. The van der Waals surface area contributed by atoms with E-state index in [9.17, 15) is 9.59 Å². The Bertz CT molecular complexity index is 584. The van der Waals surface area contributed by atoms with Crippen LogP contribution >= 0.6 is 11.6 Å². The number of hydrogen-bond acceptors (Lipinski definition) is 3. The molecule has 0 aliphatic carbocycles. The third-order valence-electron chi connectivity index (χ3n) is 3.28. The molecule has 2 rings (SSSR count). The lowest BCUT2D eigenvalue weighted by atomic mass is 9.99. The number of carbonyl (C=O) groups excluding carboxylic acids is 2. The number of nitrogens with one attached hydrogen (secondary N) is 1. The van der Waals surface area contributed by atoms with E-state index in [0.717, 1.165) is 5.56 Å². The fourth-order valence-electron chi connectivity index (χ4n) is 2.21. The number of aryl methyl sites for hydroxylation is 1. The molecule has 2 amide bonds. The van der Waals surface area contributed by atoms with Crippen LogP contribution in [0.1, 0.15) is 19.4 Å². The molecule has 1 aromatic carbocycles. The van der Waals surface area contributed by atoms with Crippen LogP contribution in [0.2, 0.25) is 5.02 Å². The summed E-state index contributed by atoms with van der Waals surface area (Å²) >= 11 is 6.06. The number of carbonyl (C=O) groups is 2. The summed E-state index contributed by atoms with van der Waals surface area (Å²) in [6, 6.07) is 3.41. The molecule has 108 valence electrons. The Balaban J connectivity index is 2.52. The molecule has 0 radical (unpaired) electrons. The maximum absolute atomic E-state index is 12.5. The molecule has 1 aliphatic heterocycles. The van der Waals surface area contributed by atoms with Gasteiger partial charge in [-0.25, -0.2) is 0 Å². The zero-order valence-electron chi connectivity index (χ0n) is 11.9. The smallest absolute Gasteiger partial charge is 0.252 e. The summed E-state index contributed by atoms with van der Waals surface area (Å²) < 4.78 is 5.28. The van der Waals surface area contributed by atoms with E-state index in [1.807, 2.05) is 6.92 Å². The molecule has 1 heterocycles. The monoisotopic (exact) mass is 296 g/mol. The molecular weight excluding hydrogens is 280 g/mol. The quantitative estimate of drug-likeness (QED) is 0.907. The predicted molar refractivity (Wildman–Crippen MR) is 77.3 cm³/mol. The fraction of sp³-hybridized carbons (Fsp3) is 0.429. The van der Waals surface area contributed by atoms with Crippen molar-refractivity contribution in [1.29, 1.82) is 0 Å². The van der Waals surface area contributed by atoms with Gasteiger partial charge >= 0.3 is 0 Å². The Hall–Kier alpha value is -1.75. The van der Waals surface area contributed by atoms with E-state index in [2.05, 4.69) is 5.32 Å². The number of hydrogen-bond donors (Lipinski definition) is 1. The van der Waals surface area contributed by atoms with E-state index >= 15 is 0 Å². The summed E-state index contributed by atoms with van der Waals surface area (Å²) in [4.78, 5) is 25.7. The Morgan fingerprint density at radius 2 is 2.00 bits per heavy atom. The lowest BCUT2D eigenvalue weighted by molar-refractivity contribution is -0.134. The molecule has 0 bridgehead atoms. The highest BCUT2D eigenvalue weighted by Gasteiger charge is 2.40. The molecule has 0 spiro atoms. The number of benzene rings is 1. The van der Waals surface area contributed by atoms with Gasteiger partial charge in [-0.15, -0.1) is 0 Å². The second kappa shape index (κ2) is 4.98. The van der Waals surface area contributed by atoms with Gasteiger partial charge in [-0.05, 0) is 32.4 Å². The molecule has 0 atom stereocenters. The zero-order valence-corrected chi connectivity index (χ0v) is 12.7. The number of nitrogens with zero attached hydrogens (tertiary/aromatic N) is 1. The molecular formula is C14H17ClN2O3. The van der Waals surface area contributed by atoms with Gasteiger partial charge < -0.3 is 10.1 Å². The number of methoxy groups -OCH3 is 1. The highest BCUT2D eigenvalue weighted by molar-refractivity contribution is 6.31. The maximum atomic E-state index is 12.5. The lowest BCUT2D eigenvalue weighted by Crippen LogP contribution is -2.64. The van der Waals surface area contributed by atoms with Gasteiger partial charge in [0.1, 0.15) is 17.8 Å². The first-order valence-electron chi connectivity index (χ1n) is 6.23. The maximum Gasteiger partial charge on any atom is 0.252 e. The molecule has 1 fully saturated rings. The van der Waals surface area contributed by atoms with Gasteiger partial charge in [-0.1, -0.05) is 11.6 Å². The van der Waals surface area contributed by atoms with Crippen molar-refractivity contribution in [3.63, 3.8) is 0 Å². The molecule has 0 aromatic heterocycles. The van der Waals surface area contributed by atoms with Gasteiger partial charge in [0.25, 0.3) is 5.91 Å². The molecule has 20 heavy (non-hydrogen) atoms. The minimum Gasteiger partial charge on any atom is -0.495 e. The number of anilines is 1. The summed E-state index contributed by atoms with van der Waals surface area (Å²) in [5, 5.41) is 3.23. The van der Waals surface area contributed by atoms with Crippen molar-refractivity contribution < 1.29 is 14.3 Å². The van der Waals surface area contributed by atoms with E-state index in [-0.39, 0.29) is 18.4 Å². The van der Waals surface area contributed by atoms with E-state index in [1.165, 1.54) is 12.0 Å². The first-order chi connectivity index (χ1) is 9.26. The van der Waals surface area contributed by atoms with Crippen molar-refractivity contribution >= 4 is 29.1 Å². The SMILES string of the molecule is COc1cc(Cl)c(C)cc1N1CC(=O)NC(C)(C)C1=O. The van der Waals surface area contributed by atoms with Gasteiger partial charge in [0, 0.05) is 11.1 Å². The molecule has 1 saturated heterocycles. The zero-order chi connectivity index (χ0) is 15.1. The second-order valence-electron chi connectivity index (χ2n) is 5.34. The average molecular weight is 297 g/mol. The number of piperazine rings is 1. The van der Waals surface area contributed by atoms with Crippen molar-refractivity contribution in [3.05, 3.63) is 22.7 Å². The van der Waals surface area contributed by atoms with Crippen LogP contribution in [0.15, 0.2) is 12.1 Å². The van der Waals surface area contributed by atoms with Gasteiger partial charge in [-0.2, -0.15) is 0 Å². The molecule has 0 saturated carbocycles. The topological polar surface area (TPSA) is 58.6 Å². The molecule has 0 unspecified atom stereocenters. The molecule has 1 aliphatic rings. The third-order valence-corrected chi connectivity index (χ3v) is 3.69. The van der Waals surface area contributed by atoms with Crippen LogP contribution in [-0.4, -0.2) is 31.0 Å². The number of amides is 2. The Kier molecular flexibility index (Phi) is 3.65. The predicted octanol–water partition coefficient (Wildman–Crippen LogP) is 1.90. The summed E-state index contributed by atoms with van der Waals surface area (Å²) in [5.41, 5.74) is 0.440. The highest BCUT2D eigenvalue weighted by atomic mass is 35.5. The van der Waals surface area contributed by atoms with Gasteiger partial charge in [0.2, 0.25) is 5.91 Å². The minimum atomic E-state index is -0.937. The number of ether oxygens (including phenoxy) is 1.